The first-order valence-corrected chi connectivity index (χ1v) is 13.0. The Balaban J connectivity index is 2.48. The predicted molar refractivity (Wildman–Crippen MR) is 109 cm³/mol. The Hall–Kier alpha value is -0.853. The fraction of sp³-hybridized carbons (Fsp3) is 0.857. The van der Waals surface area contributed by atoms with E-state index in [-0.39, 0.29) is 28.4 Å². The maximum Gasteiger partial charge on any atom is 0.373 e. The van der Waals surface area contributed by atoms with Crippen molar-refractivity contribution in [3.8, 4) is 0 Å². The smallest absolute Gasteiger partial charge is 0.373 e. The number of carbonyl (C=O) groups is 1. The van der Waals surface area contributed by atoms with Crippen LogP contribution in [0.5, 0.6) is 0 Å². The Labute approximate surface area is 165 Å². The summed E-state index contributed by atoms with van der Waals surface area (Å²) in [6.07, 6.45) is 5.41. The number of hydrogen-bond donors (Lipinski definition) is 0. The third-order valence-electron chi connectivity index (χ3n) is 5.96. The molecule has 0 N–H and O–H groups in total. The molecule has 1 aliphatic carbocycles. The molecule has 2 rings (SSSR count). The molecule has 0 radical (unpaired) electrons. The highest BCUT2D eigenvalue weighted by Gasteiger charge is 2.56. The van der Waals surface area contributed by atoms with E-state index in [0.717, 1.165) is 25.7 Å². The van der Waals surface area contributed by atoms with Gasteiger partial charge in [0.25, 0.3) is 0 Å². The zero-order valence-electron chi connectivity index (χ0n) is 18.6. The molecule has 1 aliphatic heterocycles. The second-order valence-corrected chi connectivity index (χ2v) is 15.1. The lowest BCUT2D eigenvalue weighted by atomic mass is 9.78. The maximum absolute atomic E-state index is 12.3. The summed E-state index contributed by atoms with van der Waals surface area (Å²) in [5.41, 5.74) is -0.333. The molecule has 0 saturated heterocycles. The van der Waals surface area contributed by atoms with Crippen LogP contribution >= 0.6 is 0 Å². The number of methoxy groups -OCH3 is 1. The number of rotatable bonds is 4. The van der Waals surface area contributed by atoms with Crippen LogP contribution in [0.15, 0.2) is 11.8 Å². The van der Waals surface area contributed by atoms with Crippen LogP contribution in [-0.2, 0) is 23.4 Å². The normalized spacial score (nSPS) is 29.4. The molecule has 1 heterocycles. The van der Waals surface area contributed by atoms with E-state index in [9.17, 15) is 4.79 Å². The van der Waals surface area contributed by atoms with E-state index in [1.807, 2.05) is 20.8 Å². The topological polar surface area (TPSA) is 54.0 Å². The minimum atomic E-state index is -2.13. The van der Waals surface area contributed by atoms with Crippen LogP contribution < -0.4 is 0 Å². The second-order valence-electron chi connectivity index (χ2n) is 10.3. The fourth-order valence-electron chi connectivity index (χ4n) is 3.63. The van der Waals surface area contributed by atoms with Crippen molar-refractivity contribution >= 4 is 14.3 Å². The van der Waals surface area contributed by atoms with E-state index >= 15 is 0 Å². The Morgan fingerprint density at radius 1 is 1.19 bits per heavy atom. The van der Waals surface area contributed by atoms with Gasteiger partial charge in [0.2, 0.25) is 11.5 Å². The van der Waals surface area contributed by atoms with Crippen LogP contribution in [0.1, 0.15) is 67.2 Å². The monoisotopic (exact) mass is 398 g/mol. The summed E-state index contributed by atoms with van der Waals surface area (Å²) >= 11 is 0. The molecule has 1 fully saturated rings. The molecule has 1 saturated carbocycles. The van der Waals surface area contributed by atoms with Crippen molar-refractivity contribution in [3.63, 3.8) is 0 Å². The van der Waals surface area contributed by atoms with E-state index in [4.69, 9.17) is 18.6 Å². The molecule has 0 aromatic carbocycles. The molecular weight excluding hydrogens is 360 g/mol. The average Bonchev–Trinajstić information content (AvgIpc) is 2.50. The zero-order valence-corrected chi connectivity index (χ0v) is 19.6. The molecule has 27 heavy (non-hydrogen) atoms. The molecule has 0 aromatic rings. The van der Waals surface area contributed by atoms with Crippen LogP contribution in [-0.4, -0.2) is 38.9 Å². The molecule has 0 bridgehead atoms. The molecule has 0 aromatic heterocycles. The van der Waals surface area contributed by atoms with Crippen molar-refractivity contribution < 1.29 is 23.4 Å². The average molecular weight is 399 g/mol. The minimum absolute atomic E-state index is 0.0417. The van der Waals surface area contributed by atoms with E-state index in [1.165, 1.54) is 7.11 Å². The largest absolute Gasteiger partial charge is 0.463 e. The van der Waals surface area contributed by atoms with Crippen molar-refractivity contribution in [1.82, 2.24) is 0 Å². The highest BCUT2D eigenvalue weighted by Crippen LogP contribution is 2.50. The molecule has 156 valence electrons. The van der Waals surface area contributed by atoms with Crippen LogP contribution in [0.2, 0.25) is 18.1 Å². The van der Waals surface area contributed by atoms with E-state index < -0.39 is 20.1 Å². The molecular formula is C21H38O5Si. The molecule has 6 heteroatoms. The first-order chi connectivity index (χ1) is 12.2. The van der Waals surface area contributed by atoms with Gasteiger partial charge in [-0.2, -0.15) is 0 Å². The summed E-state index contributed by atoms with van der Waals surface area (Å²) in [5, 5.41) is 0.0417. The third kappa shape index (κ3) is 4.95. The number of carbonyl (C=O) groups excluding carboxylic acids is 1. The lowest BCUT2D eigenvalue weighted by Gasteiger charge is -2.54. The van der Waals surface area contributed by atoms with Gasteiger partial charge in [0.05, 0.1) is 24.7 Å². The van der Waals surface area contributed by atoms with E-state index in [1.54, 1.807) is 6.08 Å². The van der Waals surface area contributed by atoms with E-state index in [2.05, 4.69) is 33.9 Å². The Bertz CT molecular complexity index is 584. The van der Waals surface area contributed by atoms with Gasteiger partial charge in [-0.05, 0) is 57.8 Å². The predicted octanol–water partition coefficient (Wildman–Crippen LogP) is 5.17. The van der Waals surface area contributed by atoms with Gasteiger partial charge < -0.3 is 18.6 Å². The second kappa shape index (κ2) is 7.52. The van der Waals surface area contributed by atoms with Crippen molar-refractivity contribution in [2.75, 3.05) is 7.11 Å². The third-order valence-corrected chi connectivity index (χ3v) is 10.4. The number of hydrogen-bond acceptors (Lipinski definition) is 5. The van der Waals surface area contributed by atoms with E-state index in [0.29, 0.717) is 0 Å². The number of ether oxygens (including phenoxy) is 3. The Morgan fingerprint density at radius 3 is 2.33 bits per heavy atom. The van der Waals surface area contributed by atoms with Crippen LogP contribution in [0.4, 0.5) is 0 Å². The van der Waals surface area contributed by atoms with Crippen molar-refractivity contribution in [2.45, 2.75) is 103 Å². The summed E-state index contributed by atoms with van der Waals surface area (Å²) in [7, 11) is -0.757. The molecule has 5 nitrogen and oxygen atoms in total. The highest BCUT2D eigenvalue weighted by atomic mass is 28.4. The van der Waals surface area contributed by atoms with Gasteiger partial charge in [0.1, 0.15) is 0 Å². The highest BCUT2D eigenvalue weighted by molar-refractivity contribution is 6.74. The lowest BCUT2D eigenvalue weighted by molar-refractivity contribution is -0.258. The summed E-state index contributed by atoms with van der Waals surface area (Å²) in [5.74, 6) is -1.02. The molecule has 3 atom stereocenters. The Kier molecular flexibility index (Phi) is 6.25. The quantitative estimate of drug-likeness (QED) is 0.483. The first-order valence-electron chi connectivity index (χ1n) is 10.1. The van der Waals surface area contributed by atoms with Gasteiger partial charge in [-0.1, -0.05) is 27.2 Å². The van der Waals surface area contributed by atoms with Gasteiger partial charge in [-0.25, -0.2) is 4.79 Å². The number of esters is 1. The zero-order chi connectivity index (χ0) is 20.7. The van der Waals surface area contributed by atoms with Crippen LogP contribution in [0.25, 0.3) is 0 Å². The maximum atomic E-state index is 12.3. The molecule has 0 spiro atoms. The van der Waals surface area contributed by atoms with Crippen molar-refractivity contribution in [3.05, 3.63) is 11.8 Å². The van der Waals surface area contributed by atoms with Gasteiger partial charge in [0.15, 0.2) is 8.32 Å². The van der Waals surface area contributed by atoms with Gasteiger partial charge in [-0.3, -0.25) is 0 Å². The first kappa shape index (κ1) is 22.4. The fourth-order valence-corrected chi connectivity index (χ4v) is 5.10. The Morgan fingerprint density at radius 2 is 1.81 bits per heavy atom. The summed E-state index contributed by atoms with van der Waals surface area (Å²) in [6, 6.07) is 0. The SMILES string of the molecule is COC(=O)C1=C[C@H](OC(C)(C)C)[C@H]2CCCC[C@@]2(O[Si](C)(C)C(C)(C)C)O1. The molecule has 0 unspecified atom stereocenters. The van der Waals surface area contributed by atoms with Crippen LogP contribution in [0, 0.1) is 5.92 Å². The molecule has 2 aliphatic rings. The number of fused-ring (bicyclic) bond motifs is 1. The molecule has 0 amide bonds. The minimum Gasteiger partial charge on any atom is -0.463 e. The van der Waals surface area contributed by atoms with Crippen LogP contribution in [0.3, 0.4) is 0 Å². The summed E-state index contributed by atoms with van der Waals surface area (Å²) in [6.45, 7) is 17.2. The summed E-state index contributed by atoms with van der Waals surface area (Å²) in [4.78, 5) is 12.3. The van der Waals surface area contributed by atoms with Crippen molar-refractivity contribution in [2.24, 2.45) is 5.92 Å². The van der Waals surface area contributed by atoms with Gasteiger partial charge in [0, 0.05) is 6.42 Å². The van der Waals surface area contributed by atoms with Gasteiger partial charge >= 0.3 is 5.97 Å². The standard InChI is InChI=1S/C21H38O5Si/c1-19(2,3)24-16-14-17(18(22)23-7)25-21(13-11-10-12-15(16)21)26-27(8,9)20(4,5)6/h14-16H,10-13H2,1-9H3/t15-,16+,21+/m1/s1. The van der Waals surface area contributed by atoms with Crippen molar-refractivity contribution in [1.29, 1.82) is 0 Å². The summed E-state index contributed by atoms with van der Waals surface area (Å²) < 4.78 is 24.5. The lowest BCUT2D eigenvalue weighted by Crippen LogP contribution is -2.60. The van der Waals surface area contributed by atoms with Gasteiger partial charge in [-0.15, -0.1) is 0 Å².